The van der Waals surface area contributed by atoms with Crippen LogP contribution in [0.1, 0.15) is 12.2 Å². The van der Waals surface area contributed by atoms with Gasteiger partial charge in [-0.25, -0.2) is 0 Å². The number of aryl methyl sites for hydroxylation is 1. The second-order valence-corrected chi connectivity index (χ2v) is 3.62. The van der Waals surface area contributed by atoms with Gasteiger partial charge in [0.1, 0.15) is 18.8 Å². The largest absolute Gasteiger partial charge is 0.480 e. The molecule has 0 unspecified atom stereocenters. The molecule has 0 aliphatic heterocycles. The van der Waals surface area contributed by atoms with E-state index in [0.717, 1.165) is 4.90 Å². The van der Waals surface area contributed by atoms with Gasteiger partial charge >= 0.3 is 11.9 Å². The molecule has 1 rings (SSSR count). The first-order valence-electron chi connectivity index (χ1n) is 5.23. The first-order chi connectivity index (χ1) is 8.49. The maximum absolute atomic E-state index is 11.7. The molecule has 0 atom stereocenters. The van der Waals surface area contributed by atoms with Crippen LogP contribution in [-0.4, -0.2) is 46.0 Å². The smallest absolute Gasteiger partial charge is 0.323 e. The van der Waals surface area contributed by atoms with Crippen molar-refractivity contribution in [3.8, 4) is 0 Å². The molecule has 0 spiro atoms. The Bertz CT molecular complexity index is 409. The first-order valence-corrected chi connectivity index (χ1v) is 5.23. The van der Waals surface area contributed by atoms with E-state index in [-0.39, 0.29) is 6.42 Å². The fraction of sp³-hybridized carbons (Fsp3) is 0.364. The number of hydrogen-bond acceptors (Lipinski definition) is 4. The Morgan fingerprint density at radius 1 is 1.17 bits per heavy atom. The molecule has 7 nitrogen and oxygen atoms in total. The van der Waals surface area contributed by atoms with Crippen LogP contribution in [0.5, 0.6) is 0 Å². The molecular formula is C11H13NO6. The fourth-order valence-corrected chi connectivity index (χ4v) is 1.40. The molecule has 18 heavy (non-hydrogen) atoms. The number of aliphatic carboxylic acids is 2. The molecule has 0 fully saturated rings. The van der Waals surface area contributed by atoms with Gasteiger partial charge in [0, 0.05) is 12.8 Å². The lowest BCUT2D eigenvalue weighted by Gasteiger charge is -2.17. The Kier molecular flexibility index (Phi) is 4.91. The zero-order chi connectivity index (χ0) is 13.5. The van der Waals surface area contributed by atoms with Crippen LogP contribution in [0.4, 0.5) is 0 Å². The van der Waals surface area contributed by atoms with E-state index < -0.39 is 30.9 Å². The summed E-state index contributed by atoms with van der Waals surface area (Å²) in [6.07, 6.45) is 1.78. The third-order valence-electron chi connectivity index (χ3n) is 2.17. The zero-order valence-corrected chi connectivity index (χ0v) is 9.54. The van der Waals surface area contributed by atoms with Crippen molar-refractivity contribution < 1.29 is 29.0 Å². The predicted octanol–water partition coefficient (Wildman–Crippen LogP) is 0.210. The minimum absolute atomic E-state index is 0.00801. The van der Waals surface area contributed by atoms with E-state index in [0.29, 0.717) is 12.2 Å². The molecule has 0 aliphatic rings. The van der Waals surface area contributed by atoms with Crippen LogP contribution in [0.15, 0.2) is 22.8 Å². The highest BCUT2D eigenvalue weighted by Gasteiger charge is 2.19. The molecule has 7 heteroatoms. The Labute approximate surface area is 103 Å². The van der Waals surface area contributed by atoms with Gasteiger partial charge in [0.2, 0.25) is 5.91 Å². The minimum atomic E-state index is -1.25. The van der Waals surface area contributed by atoms with Gasteiger partial charge in [-0.05, 0) is 12.1 Å². The van der Waals surface area contributed by atoms with E-state index in [2.05, 4.69) is 0 Å². The molecule has 0 aromatic carbocycles. The zero-order valence-electron chi connectivity index (χ0n) is 9.54. The molecule has 1 aromatic rings. The highest BCUT2D eigenvalue weighted by atomic mass is 16.4. The summed E-state index contributed by atoms with van der Waals surface area (Å²) in [7, 11) is 0. The molecule has 0 radical (unpaired) electrons. The summed E-state index contributed by atoms with van der Waals surface area (Å²) in [5.74, 6) is -2.43. The van der Waals surface area contributed by atoms with Crippen LogP contribution < -0.4 is 0 Å². The van der Waals surface area contributed by atoms with Crippen molar-refractivity contribution in [3.05, 3.63) is 24.2 Å². The lowest BCUT2D eigenvalue weighted by Crippen LogP contribution is -2.39. The van der Waals surface area contributed by atoms with Crippen LogP contribution in [-0.2, 0) is 20.8 Å². The number of carboxylic acid groups (broad SMARTS) is 2. The van der Waals surface area contributed by atoms with E-state index in [1.54, 1.807) is 12.1 Å². The lowest BCUT2D eigenvalue weighted by atomic mass is 10.2. The number of carbonyl (C=O) groups excluding carboxylic acids is 1. The van der Waals surface area contributed by atoms with E-state index >= 15 is 0 Å². The van der Waals surface area contributed by atoms with Gasteiger partial charge in [-0.1, -0.05) is 0 Å². The molecule has 0 saturated carbocycles. The van der Waals surface area contributed by atoms with Crippen LogP contribution in [0.2, 0.25) is 0 Å². The number of carboxylic acids is 2. The van der Waals surface area contributed by atoms with Crippen molar-refractivity contribution in [3.63, 3.8) is 0 Å². The number of furan rings is 1. The average Bonchev–Trinajstić information content (AvgIpc) is 2.76. The van der Waals surface area contributed by atoms with Crippen LogP contribution in [0.25, 0.3) is 0 Å². The maximum atomic E-state index is 11.7. The Morgan fingerprint density at radius 2 is 1.78 bits per heavy atom. The number of hydrogen-bond donors (Lipinski definition) is 2. The first kappa shape index (κ1) is 13.8. The van der Waals surface area contributed by atoms with Gasteiger partial charge < -0.3 is 19.5 Å². The summed E-state index contributed by atoms with van der Waals surface area (Å²) in [6.45, 7) is -1.24. The average molecular weight is 255 g/mol. The molecule has 0 saturated heterocycles. The van der Waals surface area contributed by atoms with Gasteiger partial charge in [0.25, 0.3) is 0 Å². The van der Waals surface area contributed by atoms with Gasteiger partial charge in [0.15, 0.2) is 0 Å². The predicted molar refractivity (Wildman–Crippen MR) is 58.9 cm³/mol. The van der Waals surface area contributed by atoms with E-state index in [9.17, 15) is 14.4 Å². The van der Waals surface area contributed by atoms with Crippen LogP contribution in [0, 0.1) is 0 Å². The topological polar surface area (TPSA) is 108 Å². The summed E-state index contributed by atoms with van der Waals surface area (Å²) < 4.78 is 5.02. The number of carbonyl (C=O) groups is 3. The summed E-state index contributed by atoms with van der Waals surface area (Å²) in [5, 5.41) is 17.2. The quantitative estimate of drug-likeness (QED) is 0.721. The second kappa shape index (κ2) is 6.43. The van der Waals surface area contributed by atoms with E-state index in [1.807, 2.05) is 0 Å². The maximum Gasteiger partial charge on any atom is 0.323 e. The normalized spacial score (nSPS) is 10.0. The molecule has 1 heterocycles. The van der Waals surface area contributed by atoms with Gasteiger partial charge in [-0.15, -0.1) is 0 Å². The highest BCUT2D eigenvalue weighted by Crippen LogP contribution is 2.05. The molecule has 0 aliphatic carbocycles. The Balaban J connectivity index is 2.52. The summed E-state index contributed by atoms with van der Waals surface area (Å²) in [5.41, 5.74) is 0. The SMILES string of the molecule is O=C(O)CN(CC(=O)O)C(=O)CCc1ccco1. The lowest BCUT2D eigenvalue weighted by molar-refractivity contribution is -0.149. The van der Waals surface area contributed by atoms with Crippen molar-refractivity contribution in [2.24, 2.45) is 0 Å². The Morgan fingerprint density at radius 3 is 2.22 bits per heavy atom. The summed E-state index contributed by atoms with van der Waals surface area (Å²) in [4.78, 5) is 33.5. The number of rotatable bonds is 7. The molecular weight excluding hydrogens is 242 g/mol. The van der Waals surface area contributed by atoms with Crippen molar-refractivity contribution in [2.45, 2.75) is 12.8 Å². The van der Waals surface area contributed by atoms with Gasteiger partial charge in [-0.3, -0.25) is 14.4 Å². The molecule has 1 amide bonds. The summed E-state index contributed by atoms with van der Waals surface area (Å²) in [6, 6.07) is 3.36. The van der Waals surface area contributed by atoms with Gasteiger partial charge in [0.05, 0.1) is 6.26 Å². The number of amides is 1. The van der Waals surface area contributed by atoms with Crippen molar-refractivity contribution in [1.29, 1.82) is 0 Å². The monoisotopic (exact) mass is 255 g/mol. The standard InChI is InChI=1S/C11H13NO6/c13-9(4-3-8-2-1-5-18-8)12(6-10(14)15)7-11(16)17/h1-2,5H,3-4,6-7H2,(H,14,15)(H,16,17). The molecule has 1 aromatic heterocycles. The minimum Gasteiger partial charge on any atom is -0.480 e. The van der Waals surface area contributed by atoms with Crippen molar-refractivity contribution in [2.75, 3.05) is 13.1 Å². The van der Waals surface area contributed by atoms with E-state index in [4.69, 9.17) is 14.6 Å². The van der Waals surface area contributed by atoms with Crippen LogP contribution >= 0.6 is 0 Å². The third kappa shape index (κ3) is 4.69. The molecule has 0 bridgehead atoms. The third-order valence-corrected chi connectivity index (χ3v) is 2.17. The summed E-state index contributed by atoms with van der Waals surface area (Å²) >= 11 is 0. The van der Waals surface area contributed by atoms with E-state index in [1.165, 1.54) is 6.26 Å². The second-order valence-electron chi connectivity index (χ2n) is 3.62. The Hall–Kier alpha value is -2.31. The van der Waals surface area contributed by atoms with Crippen LogP contribution in [0.3, 0.4) is 0 Å². The van der Waals surface area contributed by atoms with Crippen molar-refractivity contribution >= 4 is 17.8 Å². The number of nitrogens with zero attached hydrogens (tertiary/aromatic N) is 1. The molecule has 98 valence electrons. The molecule has 2 N–H and O–H groups in total. The van der Waals surface area contributed by atoms with Gasteiger partial charge in [-0.2, -0.15) is 0 Å². The van der Waals surface area contributed by atoms with Crippen molar-refractivity contribution in [1.82, 2.24) is 4.90 Å². The highest BCUT2D eigenvalue weighted by molar-refractivity contribution is 5.85. The fourth-order valence-electron chi connectivity index (χ4n) is 1.40.